The molecule has 2 N–H and O–H groups in total. The number of urea groups is 1. The average Bonchev–Trinajstić information content (AvgIpc) is 3.09. The van der Waals surface area contributed by atoms with Crippen LogP contribution in [-0.2, 0) is 13.0 Å². The van der Waals surface area contributed by atoms with Crippen molar-refractivity contribution in [3.8, 4) is 0 Å². The third-order valence-corrected chi connectivity index (χ3v) is 4.80. The van der Waals surface area contributed by atoms with Gasteiger partial charge in [0.15, 0.2) is 11.6 Å². The van der Waals surface area contributed by atoms with Gasteiger partial charge in [0.05, 0.1) is 5.69 Å². The minimum atomic E-state index is -0.357. The van der Waals surface area contributed by atoms with E-state index in [-0.39, 0.29) is 23.4 Å². The summed E-state index contributed by atoms with van der Waals surface area (Å²) in [4.78, 5) is 31.6. The Morgan fingerprint density at radius 1 is 1.38 bits per heavy atom. The van der Waals surface area contributed by atoms with Gasteiger partial charge in [-0.2, -0.15) is 5.10 Å². The van der Waals surface area contributed by atoms with Crippen LogP contribution in [0, 0.1) is 5.82 Å². The van der Waals surface area contributed by atoms with E-state index in [1.165, 1.54) is 12.1 Å². The molecule has 1 saturated heterocycles. The molecule has 2 aliphatic heterocycles. The van der Waals surface area contributed by atoms with Gasteiger partial charge in [-0.1, -0.05) is 0 Å². The molecule has 9 heteroatoms. The molecule has 0 bridgehead atoms. The number of pyridine rings is 1. The number of rotatable bonds is 2. The normalized spacial score (nSPS) is 19.3. The predicted molar refractivity (Wildman–Crippen MR) is 92.3 cm³/mol. The van der Waals surface area contributed by atoms with Crippen LogP contribution in [0.15, 0.2) is 29.2 Å². The van der Waals surface area contributed by atoms with Gasteiger partial charge >= 0.3 is 6.03 Å². The molecule has 2 aliphatic rings. The van der Waals surface area contributed by atoms with Crippen molar-refractivity contribution in [2.24, 2.45) is 0 Å². The molecular formula is C17H19FN6O2. The molecule has 4 heterocycles. The zero-order chi connectivity index (χ0) is 18.1. The van der Waals surface area contributed by atoms with E-state index in [1.54, 1.807) is 17.2 Å². The predicted octanol–water partition coefficient (Wildman–Crippen LogP) is 0.651. The standard InChI is InChI=1S/C17H19FN6O2/c18-13-2-1-5-19-16(13)23-6-3-12(10-23)20-17(26)24-7-4-14-11(9-24)8-15(25)22-21-14/h1-2,5,8,12H,3-4,6-7,9-10H2,(H,20,26)(H,22,25). The van der Waals surface area contributed by atoms with Gasteiger partial charge in [0.1, 0.15) is 0 Å². The number of fused-ring (bicyclic) bond motifs is 1. The molecule has 2 aromatic rings. The Morgan fingerprint density at radius 2 is 2.27 bits per heavy atom. The zero-order valence-electron chi connectivity index (χ0n) is 14.1. The highest BCUT2D eigenvalue weighted by Gasteiger charge is 2.29. The number of nitrogens with one attached hydrogen (secondary N) is 2. The van der Waals surface area contributed by atoms with E-state index in [0.717, 1.165) is 17.7 Å². The second-order valence-corrected chi connectivity index (χ2v) is 6.57. The average molecular weight is 358 g/mol. The molecule has 0 radical (unpaired) electrons. The van der Waals surface area contributed by atoms with Crippen molar-refractivity contribution in [3.05, 3.63) is 51.8 Å². The van der Waals surface area contributed by atoms with Crippen LogP contribution in [0.1, 0.15) is 17.7 Å². The van der Waals surface area contributed by atoms with E-state index >= 15 is 0 Å². The van der Waals surface area contributed by atoms with E-state index in [1.807, 2.05) is 4.90 Å². The molecule has 2 amide bonds. The first-order valence-corrected chi connectivity index (χ1v) is 8.58. The SMILES string of the molecule is O=C(NC1CCN(c2ncccc2F)C1)N1CCc2n[nH]c(=O)cc2C1. The molecule has 0 saturated carbocycles. The van der Waals surface area contributed by atoms with Crippen LogP contribution < -0.4 is 15.8 Å². The molecule has 0 spiro atoms. The first kappa shape index (κ1) is 16.5. The quantitative estimate of drug-likeness (QED) is 0.822. The van der Waals surface area contributed by atoms with Crippen molar-refractivity contribution in [1.29, 1.82) is 0 Å². The van der Waals surface area contributed by atoms with Crippen LogP contribution in [0.2, 0.25) is 0 Å². The minimum absolute atomic E-state index is 0.0670. The number of aromatic nitrogens is 3. The summed E-state index contributed by atoms with van der Waals surface area (Å²) in [5, 5.41) is 9.45. The summed E-state index contributed by atoms with van der Waals surface area (Å²) in [5.41, 5.74) is 1.33. The topological polar surface area (TPSA) is 94.2 Å². The smallest absolute Gasteiger partial charge is 0.317 e. The Balaban J connectivity index is 1.37. The van der Waals surface area contributed by atoms with Crippen molar-refractivity contribution in [2.75, 3.05) is 24.5 Å². The third kappa shape index (κ3) is 3.24. The fourth-order valence-corrected chi connectivity index (χ4v) is 3.47. The van der Waals surface area contributed by atoms with Crippen LogP contribution in [-0.4, -0.2) is 51.8 Å². The van der Waals surface area contributed by atoms with Crippen molar-refractivity contribution >= 4 is 11.8 Å². The maximum absolute atomic E-state index is 13.9. The van der Waals surface area contributed by atoms with E-state index in [4.69, 9.17) is 0 Å². The number of amides is 2. The summed E-state index contributed by atoms with van der Waals surface area (Å²) in [6.07, 6.45) is 2.90. The highest BCUT2D eigenvalue weighted by atomic mass is 19.1. The number of hydrogen-bond donors (Lipinski definition) is 2. The van der Waals surface area contributed by atoms with Gasteiger partial charge in [0, 0.05) is 56.5 Å². The molecule has 0 aliphatic carbocycles. The summed E-state index contributed by atoms with van der Waals surface area (Å²) in [6.45, 7) is 2.07. The first-order chi connectivity index (χ1) is 12.6. The Kier molecular flexibility index (Phi) is 4.27. The Bertz CT molecular complexity index is 886. The molecule has 4 rings (SSSR count). The molecule has 1 unspecified atom stereocenters. The summed E-state index contributed by atoms with van der Waals surface area (Å²) >= 11 is 0. The molecular weight excluding hydrogens is 339 g/mol. The number of carbonyl (C=O) groups is 1. The van der Waals surface area contributed by atoms with Crippen molar-refractivity contribution in [3.63, 3.8) is 0 Å². The number of H-pyrrole nitrogens is 1. The van der Waals surface area contributed by atoms with Crippen LogP contribution in [0.4, 0.5) is 15.0 Å². The third-order valence-electron chi connectivity index (χ3n) is 4.80. The minimum Gasteiger partial charge on any atom is -0.352 e. The monoisotopic (exact) mass is 358 g/mol. The molecule has 0 aromatic carbocycles. The van der Waals surface area contributed by atoms with E-state index in [2.05, 4.69) is 20.5 Å². The lowest BCUT2D eigenvalue weighted by molar-refractivity contribution is 0.188. The lowest BCUT2D eigenvalue weighted by Crippen LogP contribution is -2.47. The first-order valence-electron chi connectivity index (χ1n) is 8.58. The van der Waals surface area contributed by atoms with Crippen molar-refractivity contribution in [1.82, 2.24) is 25.4 Å². The van der Waals surface area contributed by atoms with E-state index in [0.29, 0.717) is 38.4 Å². The maximum atomic E-state index is 13.9. The van der Waals surface area contributed by atoms with Gasteiger partial charge in [-0.15, -0.1) is 0 Å². The Hall–Kier alpha value is -2.97. The van der Waals surface area contributed by atoms with Crippen LogP contribution >= 0.6 is 0 Å². The Morgan fingerprint density at radius 3 is 3.12 bits per heavy atom. The molecule has 1 atom stereocenters. The Labute approximate surface area is 149 Å². The molecule has 136 valence electrons. The van der Waals surface area contributed by atoms with E-state index in [9.17, 15) is 14.0 Å². The summed E-state index contributed by atoms with van der Waals surface area (Å²) < 4.78 is 13.9. The highest BCUT2D eigenvalue weighted by molar-refractivity contribution is 5.75. The van der Waals surface area contributed by atoms with Crippen LogP contribution in [0.25, 0.3) is 0 Å². The van der Waals surface area contributed by atoms with Crippen LogP contribution in [0.5, 0.6) is 0 Å². The lowest BCUT2D eigenvalue weighted by Gasteiger charge is -2.29. The summed E-state index contributed by atoms with van der Waals surface area (Å²) in [5.74, 6) is -0.0358. The molecule has 2 aromatic heterocycles. The van der Waals surface area contributed by atoms with Crippen molar-refractivity contribution in [2.45, 2.75) is 25.4 Å². The maximum Gasteiger partial charge on any atom is 0.317 e. The van der Waals surface area contributed by atoms with Gasteiger partial charge in [-0.05, 0) is 18.6 Å². The molecule has 1 fully saturated rings. The molecule has 26 heavy (non-hydrogen) atoms. The second kappa shape index (κ2) is 6.74. The van der Waals surface area contributed by atoms with Gasteiger partial charge in [-0.3, -0.25) is 4.79 Å². The van der Waals surface area contributed by atoms with Crippen molar-refractivity contribution < 1.29 is 9.18 Å². The fourth-order valence-electron chi connectivity index (χ4n) is 3.47. The largest absolute Gasteiger partial charge is 0.352 e. The number of aromatic amines is 1. The number of anilines is 1. The lowest BCUT2D eigenvalue weighted by atomic mass is 10.1. The van der Waals surface area contributed by atoms with Gasteiger partial charge in [0.25, 0.3) is 5.56 Å². The summed E-state index contributed by atoms with van der Waals surface area (Å²) in [6, 6.07) is 4.19. The van der Waals surface area contributed by atoms with Gasteiger partial charge in [-0.25, -0.2) is 19.3 Å². The highest BCUT2D eigenvalue weighted by Crippen LogP contribution is 2.21. The van der Waals surface area contributed by atoms with Crippen LogP contribution in [0.3, 0.4) is 0 Å². The number of carbonyl (C=O) groups excluding carboxylic acids is 1. The molecule has 8 nitrogen and oxygen atoms in total. The van der Waals surface area contributed by atoms with Gasteiger partial charge in [0.2, 0.25) is 0 Å². The number of hydrogen-bond acceptors (Lipinski definition) is 5. The van der Waals surface area contributed by atoms with Gasteiger partial charge < -0.3 is 15.1 Å². The number of halogens is 1. The number of nitrogens with zero attached hydrogens (tertiary/aromatic N) is 4. The zero-order valence-corrected chi connectivity index (χ0v) is 14.1. The second-order valence-electron chi connectivity index (χ2n) is 6.57. The fraction of sp³-hybridized carbons (Fsp3) is 0.412. The van der Waals surface area contributed by atoms with E-state index < -0.39 is 0 Å². The summed E-state index contributed by atoms with van der Waals surface area (Å²) in [7, 11) is 0.